The first-order valence-electron chi connectivity index (χ1n) is 6.63. The molecule has 0 saturated carbocycles. The van der Waals surface area contributed by atoms with Gasteiger partial charge < -0.3 is 4.90 Å². The number of hydrogen-bond acceptors (Lipinski definition) is 2. The van der Waals surface area contributed by atoms with E-state index in [4.69, 9.17) is 0 Å². The van der Waals surface area contributed by atoms with Gasteiger partial charge in [0.05, 0.1) is 23.1 Å². The Morgan fingerprint density at radius 2 is 2.06 bits per heavy atom. The predicted molar refractivity (Wildman–Crippen MR) is 74.1 cm³/mol. The molecule has 0 aliphatic carbocycles. The van der Waals surface area contributed by atoms with E-state index in [1.54, 1.807) is 6.20 Å². The summed E-state index contributed by atoms with van der Waals surface area (Å²) < 4.78 is 2.78. The van der Waals surface area contributed by atoms with Crippen LogP contribution in [0.25, 0.3) is 0 Å². The van der Waals surface area contributed by atoms with Crippen molar-refractivity contribution in [1.82, 2.24) is 14.7 Å². The molecule has 1 saturated heterocycles. The summed E-state index contributed by atoms with van der Waals surface area (Å²) in [6, 6.07) is 0. The standard InChI is InChI=1S/C13H20BrN3O/c1-11(9-17-10-12(14)8-15-17)13(18)16-6-4-2-3-5-7-16/h8,10-11H,2-7,9H2,1H3. The molecule has 4 nitrogen and oxygen atoms in total. The van der Waals surface area contributed by atoms with Gasteiger partial charge in [-0.3, -0.25) is 9.48 Å². The van der Waals surface area contributed by atoms with Crippen LogP contribution in [-0.4, -0.2) is 33.7 Å². The summed E-state index contributed by atoms with van der Waals surface area (Å²) in [5.74, 6) is 0.262. The molecule has 100 valence electrons. The van der Waals surface area contributed by atoms with Crippen LogP contribution in [-0.2, 0) is 11.3 Å². The molecule has 1 aromatic heterocycles. The minimum Gasteiger partial charge on any atom is -0.342 e. The fraction of sp³-hybridized carbons (Fsp3) is 0.692. The molecule has 5 heteroatoms. The normalized spacial score (nSPS) is 18.4. The summed E-state index contributed by atoms with van der Waals surface area (Å²) in [6.07, 6.45) is 8.46. The largest absolute Gasteiger partial charge is 0.342 e. The van der Waals surface area contributed by atoms with Crippen LogP contribution in [0.2, 0.25) is 0 Å². The quantitative estimate of drug-likeness (QED) is 0.860. The minimum absolute atomic E-state index is 0.00472. The maximum Gasteiger partial charge on any atom is 0.227 e. The fourth-order valence-corrected chi connectivity index (χ4v) is 2.73. The lowest BCUT2D eigenvalue weighted by molar-refractivity contribution is -0.135. The Hall–Kier alpha value is -0.840. The van der Waals surface area contributed by atoms with Gasteiger partial charge in [0.25, 0.3) is 0 Å². The minimum atomic E-state index is -0.00472. The van der Waals surface area contributed by atoms with Gasteiger partial charge in [-0.05, 0) is 28.8 Å². The Balaban J connectivity index is 1.91. The second-order valence-electron chi connectivity index (χ2n) is 5.02. The molecule has 1 aromatic rings. The van der Waals surface area contributed by atoms with E-state index >= 15 is 0 Å². The summed E-state index contributed by atoms with van der Waals surface area (Å²) in [7, 11) is 0. The number of carbonyl (C=O) groups is 1. The van der Waals surface area contributed by atoms with Crippen molar-refractivity contribution < 1.29 is 4.79 Å². The number of aromatic nitrogens is 2. The lowest BCUT2D eigenvalue weighted by Gasteiger charge is -2.24. The second kappa shape index (κ2) is 6.36. The molecule has 1 amide bonds. The van der Waals surface area contributed by atoms with Gasteiger partial charge in [-0.15, -0.1) is 0 Å². The Morgan fingerprint density at radius 3 is 2.61 bits per heavy atom. The maximum atomic E-state index is 12.3. The molecule has 0 N–H and O–H groups in total. The lowest BCUT2D eigenvalue weighted by atomic mass is 10.1. The highest BCUT2D eigenvalue weighted by Crippen LogP contribution is 2.14. The molecule has 2 rings (SSSR count). The van der Waals surface area contributed by atoms with E-state index in [2.05, 4.69) is 21.0 Å². The maximum absolute atomic E-state index is 12.3. The molecule has 2 heterocycles. The number of nitrogens with zero attached hydrogens (tertiary/aromatic N) is 3. The summed E-state index contributed by atoms with van der Waals surface area (Å²) >= 11 is 3.37. The SMILES string of the molecule is CC(Cn1cc(Br)cn1)C(=O)N1CCCCCC1. The van der Waals surface area contributed by atoms with E-state index in [9.17, 15) is 4.79 Å². The Morgan fingerprint density at radius 1 is 1.39 bits per heavy atom. The fourth-order valence-electron chi connectivity index (χ4n) is 2.40. The van der Waals surface area contributed by atoms with E-state index in [0.29, 0.717) is 6.54 Å². The molecule has 0 radical (unpaired) electrons. The van der Waals surface area contributed by atoms with Crippen LogP contribution in [0.1, 0.15) is 32.6 Å². The van der Waals surface area contributed by atoms with Crippen LogP contribution in [0.4, 0.5) is 0 Å². The van der Waals surface area contributed by atoms with Crippen LogP contribution >= 0.6 is 15.9 Å². The molecule has 0 aromatic carbocycles. The van der Waals surface area contributed by atoms with Crippen molar-refractivity contribution in [3.63, 3.8) is 0 Å². The lowest BCUT2D eigenvalue weighted by Crippen LogP contribution is -2.37. The second-order valence-corrected chi connectivity index (χ2v) is 5.94. The number of likely N-dealkylation sites (tertiary alicyclic amines) is 1. The number of rotatable bonds is 3. The van der Waals surface area contributed by atoms with Gasteiger partial charge in [0.2, 0.25) is 5.91 Å². The number of amides is 1. The Bertz CT molecular complexity index is 397. The highest BCUT2D eigenvalue weighted by molar-refractivity contribution is 9.10. The van der Waals surface area contributed by atoms with Crippen LogP contribution in [0.5, 0.6) is 0 Å². The zero-order valence-electron chi connectivity index (χ0n) is 10.8. The Kier molecular flexibility index (Phi) is 4.80. The monoisotopic (exact) mass is 313 g/mol. The first-order chi connectivity index (χ1) is 8.66. The number of carbonyl (C=O) groups excluding carboxylic acids is 1. The van der Waals surface area contributed by atoms with Gasteiger partial charge in [-0.25, -0.2) is 0 Å². The van der Waals surface area contributed by atoms with Gasteiger partial charge in [-0.1, -0.05) is 19.8 Å². The molecule has 1 unspecified atom stereocenters. The summed E-state index contributed by atoms with van der Waals surface area (Å²) in [5.41, 5.74) is 0. The van der Waals surface area contributed by atoms with Crippen LogP contribution in [0, 0.1) is 5.92 Å². The topological polar surface area (TPSA) is 38.1 Å². The summed E-state index contributed by atoms with van der Waals surface area (Å²) in [6.45, 7) is 4.49. The van der Waals surface area contributed by atoms with Crippen molar-refractivity contribution >= 4 is 21.8 Å². The number of halogens is 1. The third kappa shape index (κ3) is 3.57. The van der Waals surface area contributed by atoms with Gasteiger partial charge in [0, 0.05) is 19.3 Å². The smallest absolute Gasteiger partial charge is 0.227 e. The van der Waals surface area contributed by atoms with Crippen molar-refractivity contribution in [2.24, 2.45) is 5.92 Å². The van der Waals surface area contributed by atoms with E-state index in [-0.39, 0.29) is 11.8 Å². The zero-order chi connectivity index (χ0) is 13.0. The average molecular weight is 314 g/mol. The van der Waals surface area contributed by atoms with E-state index in [1.807, 2.05) is 22.7 Å². The van der Waals surface area contributed by atoms with Gasteiger partial charge >= 0.3 is 0 Å². The molecule has 0 bridgehead atoms. The molecule has 1 aliphatic heterocycles. The molecular formula is C13H20BrN3O. The van der Waals surface area contributed by atoms with Gasteiger partial charge in [-0.2, -0.15) is 5.10 Å². The first-order valence-corrected chi connectivity index (χ1v) is 7.43. The molecule has 1 atom stereocenters. The van der Waals surface area contributed by atoms with Crippen LogP contribution in [0.15, 0.2) is 16.9 Å². The zero-order valence-corrected chi connectivity index (χ0v) is 12.4. The van der Waals surface area contributed by atoms with Crippen molar-refractivity contribution in [3.8, 4) is 0 Å². The summed E-state index contributed by atoms with van der Waals surface area (Å²) in [4.78, 5) is 14.4. The van der Waals surface area contributed by atoms with Crippen molar-refractivity contribution in [3.05, 3.63) is 16.9 Å². The van der Waals surface area contributed by atoms with E-state index in [1.165, 1.54) is 12.8 Å². The third-order valence-corrected chi connectivity index (χ3v) is 3.81. The molecule has 1 fully saturated rings. The van der Waals surface area contributed by atoms with Crippen molar-refractivity contribution in [2.75, 3.05) is 13.1 Å². The highest BCUT2D eigenvalue weighted by Gasteiger charge is 2.21. The van der Waals surface area contributed by atoms with Gasteiger partial charge in [0.1, 0.15) is 0 Å². The molecular weight excluding hydrogens is 294 g/mol. The average Bonchev–Trinajstić information content (AvgIpc) is 2.62. The highest BCUT2D eigenvalue weighted by atomic mass is 79.9. The van der Waals surface area contributed by atoms with Gasteiger partial charge in [0.15, 0.2) is 0 Å². The molecule has 0 spiro atoms. The van der Waals surface area contributed by atoms with E-state index in [0.717, 1.165) is 30.4 Å². The van der Waals surface area contributed by atoms with Crippen LogP contribution in [0.3, 0.4) is 0 Å². The first kappa shape index (κ1) is 13.6. The third-order valence-electron chi connectivity index (χ3n) is 3.40. The molecule has 18 heavy (non-hydrogen) atoms. The molecule has 1 aliphatic rings. The van der Waals surface area contributed by atoms with Crippen molar-refractivity contribution in [1.29, 1.82) is 0 Å². The predicted octanol–water partition coefficient (Wildman–Crippen LogP) is 2.68. The van der Waals surface area contributed by atoms with Crippen molar-refractivity contribution in [2.45, 2.75) is 39.2 Å². The number of hydrogen-bond donors (Lipinski definition) is 0. The van der Waals surface area contributed by atoms with E-state index < -0.39 is 0 Å². The van der Waals surface area contributed by atoms with Crippen LogP contribution < -0.4 is 0 Å². The summed E-state index contributed by atoms with van der Waals surface area (Å²) in [5, 5.41) is 4.20. The Labute approximate surface area is 116 Å².